The molecule has 0 spiro atoms. The molecule has 0 atom stereocenters. The van der Waals surface area contributed by atoms with Crippen LogP contribution in [0.2, 0.25) is 5.02 Å². The van der Waals surface area contributed by atoms with Gasteiger partial charge in [0.1, 0.15) is 5.75 Å². The van der Waals surface area contributed by atoms with Gasteiger partial charge in [-0.3, -0.25) is 14.9 Å². The first kappa shape index (κ1) is 18.9. The Hall–Kier alpha value is -2.45. The normalized spacial score (nSPS) is 10.7. The molecular formula is C16H13BrClN3O4. The number of hydrogen-bond acceptors (Lipinski definition) is 5. The average Bonchev–Trinajstić information content (AvgIpc) is 2.55. The van der Waals surface area contributed by atoms with E-state index in [1.807, 2.05) is 19.1 Å². The van der Waals surface area contributed by atoms with E-state index in [0.717, 1.165) is 10.0 Å². The summed E-state index contributed by atoms with van der Waals surface area (Å²) in [5.41, 5.74) is 3.36. The summed E-state index contributed by atoms with van der Waals surface area (Å²) in [6, 6.07) is 9.37. The van der Waals surface area contributed by atoms with Crippen molar-refractivity contribution >= 4 is 45.3 Å². The summed E-state index contributed by atoms with van der Waals surface area (Å²) in [6.07, 6.45) is 1.23. The van der Waals surface area contributed by atoms with E-state index in [9.17, 15) is 14.9 Å². The molecule has 0 aliphatic heterocycles. The smallest absolute Gasteiger partial charge is 0.277 e. The predicted molar refractivity (Wildman–Crippen MR) is 98.2 cm³/mol. The van der Waals surface area contributed by atoms with Crippen molar-refractivity contribution in [3.8, 4) is 5.75 Å². The van der Waals surface area contributed by atoms with Crippen molar-refractivity contribution in [2.45, 2.75) is 6.92 Å². The standard InChI is InChI=1S/C16H13BrClN3O4/c1-10-6-12(17)2-5-15(10)25-9-16(22)20-19-8-11-7-13(21(23)24)3-4-14(11)18/h2-8H,9H2,1H3,(H,20,22). The topological polar surface area (TPSA) is 93.8 Å². The molecule has 7 nitrogen and oxygen atoms in total. The van der Waals surface area contributed by atoms with Crippen LogP contribution in [0.15, 0.2) is 46.0 Å². The Morgan fingerprint density at radius 1 is 1.40 bits per heavy atom. The van der Waals surface area contributed by atoms with Gasteiger partial charge < -0.3 is 4.74 Å². The number of aryl methyl sites for hydroxylation is 1. The Bertz CT molecular complexity index is 842. The zero-order valence-electron chi connectivity index (χ0n) is 13.0. The fraction of sp³-hybridized carbons (Fsp3) is 0.125. The van der Waals surface area contributed by atoms with Gasteiger partial charge in [0.15, 0.2) is 6.61 Å². The number of nitrogens with zero attached hydrogens (tertiary/aromatic N) is 2. The van der Waals surface area contributed by atoms with E-state index < -0.39 is 10.8 Å². The van der Waals surface area contributed by atoms with E-state index in [0.29, 0.717) is 11.3 Å². The highest BCUT2D eigenvalue weighted by molar-refractivity contribution is 9.10. The van der Waals surface area contributed by atoms with E-state index >= 15 is 0 Å². The number of hydrazone groups is 1. The summed E-state index contributed by atoms with van der Waals surface area (Å²) in [6.45, 7) is 1.64. The fourth-order valence-electron chi connectivity index (χ4n) is 1.87. The number of hydrogen-bond donors (Lipinski definition) is 1. The Morgan fingerprint density at radius 3 is 2.84 bits per heavy atom. The fourth-order valence-corrected chi connectivity index (χ4v) is 2.51. The summed E-state index contributed by atoms with van der Waals surface area (Å²) in [7, 11) is 0. The van der Waals surface area contributed by atoms with Crippen LogP contribution in [-0.2, 0) is 4.79 Å². The second-order valence-corrected chi connectivity index (χ2v) is 6.28. The number of amides is 1. The first-order valence-corrected chi connectivity index (χ1v) is 8.18. The minimum Gasteiger partial charge on any atom is -0.483 e. The molecule has 0 aliphatic carbocycles. The Balaban J connectivity index is 1.92. The molecule has 0 bridgehead atoms. The minimum absolute atomic E-state index is 0.119. The Labute approximate surface area is 156 Å². The summed E-state index contributed by atoms with van der Waals surface area (Å²) >= 11 is 9.28. The average molecular weight is 427 g/mol. The van der Waals surface area contributed by atoms with Crippen LogP contribution < -0.4 is 10.2 Å². The van der Waals surface area contributed by atoms with Crippen LogP contribution in [0.5, 0.6) is 5.75 Å². The van der Waals surface area contributed by atoms with Gasteiger partial charge >= 0.3 is 0 Å². The molecule has 130 valence electrons. The number of carbonyl (C=O) groups excluding carboxylic acids is 1. The van der Waals surface area contributed by atoms with Crippen molar-refractivity contribution in [1.29, 1.82) is 0 Å². The monoisotopic (exact) mass is 425 g/mol. The van der Waals surface area contributed by atoms with Crippen molar-refractivity contribution in [1.82, 2.24) is 5.43 Å². The maximum atomic E-state index is 11.7. The lowest BCUT2D eigenvalue weighted by Gasteiger charge is -2.08. The predicted octanol–water partition coefficient (Wildman–Crippen LogP) is 3.85. The van der Waals surface area contributed by atoms with E-state index in [4.69, 9.17) is 16.3 Å². The zero-order chi connectivity index (χ0) is 18.4. The number of ether oxygens (including phenoxy) is 1. The van der Waals surface area contributed by atoms with Crippen LogP contribution in [0, 0.1) is 17.0 Å². The molecule has 0 saturated carbocycles. The summed E-state index contributed by atoms with van der Waals surface area (Å²) in [5.74, 6) is 0.115. The lowest BCUT2D eigenvalue weighted by atomic mass is 10.2. The van der Waals surface area contributed by atoms with Gasteiger partial charge in [0.25, 0.3) is 11.6 Å². The lowest BCUT2D eigenvalue weighted by Crippen LogP contribution is -2.24. The number of non-ortho nitro benzene ring substituents is 1. The molecule has 2 rings (SSSR count). The molecule has 0 unspecified atom stereocenters. The van der Waals surface area contributed by atoms with Gasteiger partial charge in [0.05, 0.1) is 11.1 Å². The molecule has 0 heterocycles. The van der Waals surface area contributed by atoms with Gasteiger partial charge in [-0.05, 0) is 36.8 Å². The van der Waals surface area contributed by atoms with Crippen LogP contribution in [0.3, 0.4) is 0 Å². The first-order chi connectivity index (χ1) is 11.9. The van der Waals surface area contributed by atoms with E-state index in [1.54, 1.807) is 6.07 Å². The van der Waals surface area contributed by atoms with Gasteiger partial charge in [-0.2, -0.15) is 5.10 Å². The second kappa shape index (κ2) is 8.59. The number of carbonyl (C=O) groups is 1. The van der Waals surface area contributed by atoms with Gasteiger partial charge in [0.2, 0.25) is 0 Å². The van der Waals surface area contributed by atoms with Crippen LogP contribution in [0.1, 0.15) is 11.1 Å². The summed E-state index contributed by atoms with van der Waals surface area (Å²) in [4.78, 5) is 21.9. The molecule has 1 N–H and O–H groups in total. The van der Waals surface area contributed by atoms with Gasteiger partial charge in [-0.15, -0.1) is 0 Å². The molecule has 0 saturated heterocycles. The van der Waals surface area contributed by atoms with Crippen LogP contribution >= 0.6 is 27.5 Å². The molecule has 0 aliphatic rings. The van der Waals surface area contributed by atoms with Crippen LogP contribution in [-0.4, -0.2) is 23.7 Å². The van der Waals surface area contributed by atoms with Crippen LogP contribution in [0.4, 0.5) is 5.69 Å². The summed E-state index contributed by atoms with van der Waals surface area (Å²) < 4.78 is 6.33. The maximum absolute atomic E-state index is 11.7. The van der Waals surface area contributed by atoms with Crippen molar-refractivity contribution in [3.05, 3.63) is 67.1 Å². The lowest BCUT2D eigenvalue weighted by molar-refractivity contribution is -0.384. The first-order valence-electron chi connectivity index (χ1n) is 7.01. The molecule has 1 amide bonds. The Kier molecular flexibility index (Phi) is 6.49. The molecule has 2 aromatic carbocycles. The SMILES string of the molecule is Cc1cc(Br)ccc1OCC(=O)NN=Cc1cc([N+](=O)[O-])ccc1Cl. The Morgan fingerprint density at radius 2 is 2.16 bits per heavy atom. The number of benzene rings is 2. The van der Waals surface area contributed by atoms with Gasteiger partial charge in [-0.1, -0.05) is 27.5 Å². The third kappa shape index (κ3) is 5.54. The molecule has 2 aromatic rings. The highest BCUT2D eigenvalue weighted by Crippen LogP contribution is 2.22. The van der Waals surface area contributed by atoms with Gasteiger partial charge in [0, 0.05) is 27.2 Å². The largest absolute Gasteiger partial charge is 0.483 e. The van der Waals surface area contributed by atoms with Crippen LogP contribution in [0.25, 0.3) is 0 Å². The van der Waals surface area contributed by atoms with E-state index in [2.05, 4.69) is 26.5 Å². The molecule has 0 aromatic heterocycles. The quantitative estimate of drug-likeness (QED) is 0.431. The number of nitrogens with one attached hydrogen (secondary N) is 1. The van der Waals surface area contributed by atoms with Crippen molar-refractivity contribution in [2.24, 2.45) is 5.10 Å². The molecule has 9 heteroatoms. The highest BCUT2D eigenvalue weighted by Gasteiger charge is 2.09. The number of nitro groups is 1. The van der Waals surface area contributed by atoms with Crippen molar-refractivity contribution in [3.63, 3.8) is 0 Å². The van der Waals surface area contributed by atoms with E-state index in [-0.39, 0.29) is 17.3 Å². The van der Waals surface area contributed by atoms with Gasteiger partial charge in [-0.25, -0.2) is 5.43 Å². The number of halogens is 2. The van der Waals surface area contributed by atoms with Crippen molar-refractivity contribution < 1.29 is 14.5 Å². The highest BCUT2D eigenvalue weighted by atomic mass is 79.9. The van der Waals surface area contributed by atoms with E-state index in [1.165, 1.54) is 24.4 Å². The molecular weight excluding hydrogens is 414 g/mol. The minimum atomic E-state index is -0.541. The third-order valence-corrected chi connectivity index (χ3v) is 3.92. The van der Waals surface area contributed by atoms with Crippen molar-refractivity contribution in [2.75, 3.05) is 6.61 Å². The third-order valence-electron chi connectivity index (χ3n) is 3.08. The maximum Gasteiger partial charge on any atom is 0.277 e. The zero-order valence-corrected chi connectivity index (χ0v) is 15.4. The molecule has 0 fully saturated rings. The number of nitro benzene ring substituents is 1. The summed E-state index contributed by atoms with van der Waals surface area (Å²) in [5, 5.41) is 14.8. The second-order valence-electron chi connectivity index (χ2n) is 4.95. The number of rotatable bonds is 6. The molecule has 0 radical (unpaired) electrons. The molecule has 25 heavy (non-hydrogen) atoms.